The first-order chi connectivity index (χ1) is 18.8. The topological polar surface area (TPSA) is 88.5 Å². The second-order valence-corrected chi connectivity index (χ2v) is 10.6. The molecule has 0 radical (unpaired) electrons. The fourth-order valence-electron chi connectivity index (χ4n) is 4.97. The molecule has 1 heterocycles. The van der Waals surface area contributed by atoms with E-state index in [1.807, 2.05) is 61.5 Å². The number of carboxylic acids is 1. The number of aromatic nitrogens is 1. The van der Waals surface area contributed by atoms with Crippen LogP contribution in [-0.4, -0.2) is 28.5 Å². The molecule has 39 heavy (non-hydrogen) atoms. The first-order valence-corrected chi connectivity index (χ1v) is 13.9. The minimum Gasteiger partial charge on any atom is -0.484 e. The largest absolute Gasteiger partial charge is 0.484 e. The molecule has 204 valence electrons. The van der Waals surface area contributed by atoms with Crippen molar-refractivity contribution in [1.29, 1.82) is 0 Å². The normalized spacial score (nSPS) is 16.4. The van der Waals surface area contributed by atoms with Gasteiger partial charge in [0.1, 0.15) is 11.9 Å². The Morgan fingerprint density at radius 2 is 1.92 bits per heavy atom. The van der Waals surface area contributed by atoms with Crippen LogP contribution < -0.4 is 10.1 Å². The van der Waals surface area contributed by atoms with E-state index in [0.717, 1.165) is 40.4 Å². The minimum absolute atomic E-state index is 0.00643. The summed E-state index contributed by atoms with van der Waals surface area (Å²) in [5.41, 5.74) is 3.90. The molecule has 1 amide bonds. The molecule has 0 saturated carbocycles. The highest BCUT2D eigenvalue weighted by molar-refractivity contribution is 6.31. The lowest BCUT2D eigenvalue weighted by molar-refractivity contribution is -0.137. The Kier molecular flexibility index (Phi) is 9.65. The number of amides is 1. The number of hydrogen-bond donors (Lipinski definition) is 2. The number of hydrogen-bond acceptors (Lipinski definition) is 4. The van der Waals surface area contributed by atoms with E-state index in [2.05, 4.69) is 23.3 Å². The number of ether oxygens (including phenoxy) is 1. The predicted molar refractivity (Wildman–Crippen MR) is 155 cm³/mol. The summed E-state index contributed by atoms with van der Waals surface area (Å²) in [6.45, 7) is 4.24. The van der Waals surface area contributed by atoms with Gasteiger partial charge in [-0.1, -0.05) is 66.9 Å². The van der Waals surface area contributed by atoms with Gasteiger partial charge in [0, 0.05) is 34.1 Å². The Morgan fingerprint density at radius 1 is 1.15 bits per heavy atom. The molecule has 3 atom stereocenters. The minimum atomic E-state index is -0.938. The molecular formula is C31H32Cl2N2O4. The molecule has 0 bridgehead atoms. The number of benzene rings is 2. The first kappa shape index (κ1) is 28.7. The molecule has 1 aromatic heterocycles. The molecule has 8 heteroatoms. The smallest absolute Gasteiger partial charge is 0.305 e. The fraction of sp³-hybridized carbons (Fsp3) is 0.323. The van der Waals surface area contributed by atoms with Crippen LogP contribution >= 0.6 is 23.2 Å². The first-order valence-electron chi connectivity index (χ1n) is 13.1. The lowest BCUT2D eigenvalue weighted by Crippen LogP contribution is -2.32. The van der Waals surface area contributed by atoms with Crippen molar-refractivity contribution in [3.8, 4) is 5.75 Å². The zero-order valence-corrected chi connectivity index (χ0v) is 23.5. The molecule has 0 spiro atoms. The molecule has 2 aromatic carbocycles. The number of aryl methyl sites for hydroxylation is 1. The molecule has 6 nitrogen and oxygen atoms in total. The van der Waals surface area contributed by atoms with Gasteiger partial charge in [-0.15, -0.1) is 0 Å². The number of rotatable bonds is 11. The number of allylic oxidation sites excluding steroid dienone is 2. The van der Waals surface area contributed by atoms with Crippen LogP contribution in [0.2, 0.25) is 10.0 Å². The van der Waals surface area contributed by atoms with Crippen molar-refractivity contribution in [2.75, 3.05) is 6.54 Å². The number of nitrogens with zero attached hydrogens (tertiary/aromatic N) is 1. The van der Waals surface area contributed by atoms with Crippen molar-refractivity contribution >= 4 is 46.0 Å². The summed E-state index contributed by atoms with van der Waals surface area (Å²) in [7, 11) is 0. The van der Waals surface area contributed by atoms with Crippen LogP contribution in [0.4, 0.5) is 0 Å². The molecule has 2 N–H and O–H groups in total. The number of fused-ring (bicyclic) bond motifs is 1. The van der Waals surface area contributed by atoms with Gasteiger partial charge >= 0.3 is 5.97 Å². The van der Waals surface area contributed by atoms with Crippen molar-refractivity contribution in [1.82, 2.24) is 10.3 Å². The lowest BCUT2D eigenvalue weighted by Gasteiger charge is -2.31. The predicted octanol–water partition coefficient (Wildman–Crippen LogP) is 7.48. The average Bonchev–Trinajstić information content (AvgIpc) is 2.91. The highest BCUT2D eigenvalue weighted by atomic mass is 35.5. The SMILES string of the molecule is CCC[C@H](C1=CCC(C(=O)NCCC(=O)O)C=C1)[C@@H](Oc1ccnc2c(C)cc(Cl)cc12)c1ccc(Cl)cc1. The lowest BCUT2D eigenvalue weighted by atomic mass is 9.81. The van der Waals surface area contributed by atoms with E-state index in [1.54, 1.807) is 6.20 Å². The number of pyridine rings is 1. The number of carbonyl (C=O) groups excluding carboxylic acids is 1. The number of nitrogens with one attached hydrogen (secondary N) is 1. The second kappa shape index (κ2) is 13.1. The summed E-state index contributed by atoms with van der Waals surface area (Å²) in [6, 6.07) is 13.4. The maximum absolute atomic E-state index is 12.6. The summed E-state index contributed by atoms with van der Waals surface area (Å²) in [6.07, 6.45) is 9.65. The van der Waals surface area contributed by atoms with Crippen LogP contribution in [0.1, 0.15) is 49.8 Å². The third kappa shape index (κ3) is 7.20. The standard InChI is InChI=1S/C31H32Cl2N2O4/c1-3-4-25(20-5-7-22(8-6-20)31(38)35-16-14-28(36)37)30(21-9-11-23(32)12-10-21)39-27-13-15-34-29-19(2)17-24(33)18-26(27)29/h5-7,9-13,15,17-18,22,25,30H,3-4,8,14,16H2,1-2H3,(H,35,38)(H,36,37)/t22?,25-,30+/m1/s1. The van der Waals surface area contributed by atoms with Crippen LogP contribution in [0.15, 0.2) is 72.5 Å². The number of carbonyl (C=O) groups is 2. The van der Waals surface area contributed by atoms with E-state index in [0.29, 0.717) is 22.2 Å². The molecule has 1 aliphatic carbocycles. The number of aliphatic carboxylic acids is 1. The van der Waals surface area contributed by atoms with Crippen LogP contribution in [-0.2, 0) is 9.59 Å². The van der Waals surface area contributed by atoms with Crippen molar-refractivity contribution in [2.45, 2.75) is 45.6 Å². The van der Waals surface area contributed by atoms with Crippen LogP contribution in [0.5, 0.6) is 5.75 Å². The maximum Gasteiger partial charge on any atom is 0.305 e. The zero-order chi connectivity index (χ0) is 27.9. The van der Waals surface area contributed by atoms with E-state index >= 15 is 0 Å². The summed E-state index contributed by atoms with van der Waals surface area (Å²) in [5.74, 6) is -0.744. The molecule has 3 aromatic rings. The second-order valence-electron chi connectivity index (χ2n) is 9.75. The quantitative estimate of drug-likeness (QED) is 0.251. The summed E-state index contributed by atoms with van der Waals surface area (Å²) < 4.78 is 6.83. The van der Waals surface area contributed by atoms with Gasteiger partial charge in [-0.05, 0) is 66.8 Å². The van der Waals surface area contributed by atoms with Crippen molar-refractivity contribution in [2.24, 2.45) is 11.8 Å². The monoisotopic (exact) mass is 566 g/mol. The molecule has 1 unspecified atom stereocenters. The molecule has 4 rings (SSSR count). The molecular weight excluding hydrogens is 535 g/mol. The molecule has 0 aliphatic heterocycles. The third-order valence-corrected chi connectivity index (χ3v) is 7.38. The molecule has 1 aliphatic rings. The van der Waals surface area contributed by atoms with E-state index in [4.69, 9.17) is 33.0 Å². The highest BCUT2D eigenvalue weighted by Gasteiger charge is 2.30. The maximum atomic E-state index is 12.6. The van der Waals surface area contributed by atoms with Crippen molar-refractivity contribution < 1.29 is 19.4 Å². The van der Waals surface area contributed by atoms with Crippen molar-refractivity contribution in [3.63, 3.8) is 0 Å². The third-order valence-electron chi connectivity index (χ3n) is 6.91. The summed E-state index contributed by atoms with van der Waals surface area (Å²) >= 11 is 12.6. The number of halogens is 2. The Morgan fingerprint density at radius 3 is 2.59 bits per heavy atom. The van der Waals surface area contributed by atoms with E-state index < -0.39 is 5.97 Å². The van der Waals surface area contributed by atoms with E-state index in [9.17, 15) is 9.59 Å². The van der Waals surface area contributed by atoms with E-state index in [-0.39, 0.29) is 36.8 Å². The van der Waals surface area contributed by atoms with Gasteiger partial charge in [-0.25, -0.2) is 0 Å². The Labute approximate surface area is 238 Å². The van der Waals surface area contributed by atoms with Gasteiger partial charge < -0.3 is 15.2 Å². The highest BCUT2D eigenvalue weighted by Crippen LogP contribution is 2.40. The van der Waals surface area contributed by atoms with Crippen LogP contribution in [0, 0.1) is 18.8 Å². The summed E-state index contributed by atoms with van der Waals surface area (Å²) in [4.78, 5) is 27.9. The summed E-state index contributed by atoms with van der Waals surface area (Å²) in [5, 5.41) is 13.7. The van der Waals surface area contributed by atoms with Crippen LogP contribution in [0.3, 0.4) is 0 Å². The molecule has 0 fully saturated rings. The van der Waals surface area contributed by atoms with Gasteiger partial charge in [-0.3, -0.25) is 14.6 Å². The Bertz CT molecular complexity index is 1400. The van der Waals surface area contributed by atoms with Gasteiger partial charge in [0.05, 0.1) is 17.9 Å². The van der Waals surface area contributed by atoms with Crippen molar-refractivity contribution in [3.05, 3.63) is 93.6 Å². The van der Waals surface area contributed by atoms with Gasteiger partial charge in [0.25, 0.3) is 0 Å². The van der Waals surface area contributed by atoms with E-state index in [1.165, 1.54) is 0 Å². The fourth-order valence-corrected chi connectivity index (χ4v) is 5.37. The molecule has 0 saturated heterocycles. The Balaban J connectivity index is 1.65. The van der Waals surface area contributed by atoms with Gasteiger partial charge in [0.2, 0.25) is 5.91 Å². The Hall–Kier alpha value is -3.35. The number of carboxylic acid groups (broad SMARTS) is 1. The van der Waals surface area contributed by atoms with Crippen LogP contribution in [0.25, 0.3) is 10.9 Å². The van der Waals surface area contributed by atoms with Gasteiger partial charge in [0.15, 0.2) is 0 Å². The van der Waals surface area contributed by atoms with Gasteiger partial charge in [-0.2, -0.15) is 0 Å². The zero-order valence-electron chi connectivity index (χ0n) is 22.0. The average molecular weight is 568 g/mol.